The van der Waals surface area contributed by atoms with Crippen LogP contribution in [0, 0.1) is 12.8 Å². The van der Waals surface area contributed by atoms with Crippen molar-refractivity contribution in [2.24, 2.45) is 5.92 Å². The molecule has 1 N–H and O–H groups in total. The van der Waals surface area contributed by atoms with Gasteiger partial charge in [0.25, 0.3) is 0 Å². The highest BCUT2D eigenvalue weighted by atomic mass is 32.2. The molecule has 1 atom stereocenters. The van der Waals surface area contributed by atoms with Gasteiger partial charge in [0.15, 0.2) is 5.13 Å². The molecule has 4 aromatic rings. The number of carbonyl (C=O) groups excluding carboxylic acids is 1. The van der Waals surface area contributed by atoms with Crippen LogP contribution >= 0.6 is 11.3 Å². The first kappa shape index (κ1) is 24.4. The first-order valence-corrected chi connectivity index (χ1v) is 14.2. The van der Waals surface area contributed by atoms with Gasteiger partial charge in [0.1, 0.15) is 0 Å². The molecule has 0 aliphatic carbocycles. The lowest BCUT2D eigenvalue weighted by Gasteiger charge is -2.31. The molecule has 1 saturated heterocycles. The van der Waals surface area contributed by atoms with Gasteiger partial charge in [0.05, 0.1) is 16.5 Å². The fourth-order valence-electron chi connectivity index (χ4n) is 4.37. The molecular weight excluding hydrogens is 490 g/mol. The van der Waals surface area contributed by atoms with Gasteiger partial charge >= 0.3 is 0 Å². The van der Waals surface area contributed by atoms with Gasteiger partial charge in [-0.05, 0) is 43.0 Å². The molecule has 1 unspecified atom stereocenters. The molecule has 6 nitrogen and oxygen atoms in total. The summed E-state index contributed by atoms with van der Waals surface area (Å²) in [6.07, 6.45) is 1.28. The van der Waals surface area contributed by atoms with Gasteiger partial charge in [-0.3, -0.25) is 4.79 Å². The van der Waals surface area contributed by atoms with Crippen molar-refractivity contribution in [3.05, 3.63) is 89.8 Å². The summed E-state index contributed by atoms with van der Waals surface area (Å²) >= 11 is 1.37. The first-order chi connectivity index (χ1) is 17.4. The predicted molar refractivity (Wildman–Crippen MR) is 144 cm³/mol. The number of thiazole rings is 1. The lowest BCUT2D eigenvalue weighted by Crippen LogP contribution is -2.43. The minimum absolute atomic E-state index is 0.168. The van der Waals surface area contributed by atoms with E-state index in [1.807, 2.05) is 42.6 Å². The third-order valence-corrected chi connectivity index (χ3v) is 9.07. The number of sulfonamides is 1. The number of carbonyl (C=O) groups is 1. The maximum Gasteiger partial charge on any atom is 0.243 e. The molecule has 2 heterocycles. The molecule has 1 aromatic heterocycles. The summed E-state index contributed by atoms with van der Waals surface area (Å²) in [6.45, 7) is 2.50. The summed E-state index contributed by atoms with van der Waals surface area (Å²) in [4.78, 5) is 17.9. The van der Waals surface area contributed by atoms with Gasteiger partial charge in [-0.1, -0.05) is 72.3 Å². The number of aromatic nitrogens is 1. The molecular formula is C28H27N3O3S2. The molecule has 1 aliphatic heterocycles. The highest BCUT2D eigenvalue weighted by molar-refractivity contribution is 7.89. The molecule has 1 fully saturated rings. The molecule has 0 spiro atoms. The maximum absolute atomic E-state index is 13.1. The van der Waals surface area contributed by atoms with Gasteiger partial charge in [-0.2, -0.15) is 4.31 Å². The van der Waals surface area contributed by atoms with E-state index in [9.17, 15) is 13.2 Å². The largest absolute Gasteiger partial charge is 0.302 e. The zero-order valence-corrected chi connectivity index (χ0v) is 21.6. The molecule has 1 amide bonds. The minimum Gasteiger partial charge on any atom is -0.302 e. The van der Waals surface area contributed by atoms with Crippen LogP contribution in [0.5, 0.6) is 0 Å². The minimum atomic E-state index is -3.63. The number of anilines is 1. The van der Waals surface area contributed by atoms with E-state index in [1.54, 1.807) is 24.3 Å². The zero-order valence-electron chi connectivity index (χ0n) is 19.9. The zero-order chi connectivity index (χ0) is 25.1. The van der Waals surface area contributed by atoms with Crippen molar-refractivity contribution in [2.45, 2.75) is 24.7 Å². The first-order valence-electron chi connectivity index (χ1n) is 11.9. The van der Waals surface area contributed by atoms with E-state index in [1.165, 1.54) is 15.6 Å². The summed E-state index contributed by atoms with van der Waals surface area (Å²) < 4.78 is 27.6. The Labute approximate surface area is 215 Å². The van der Waals surface area contributed by atoms with Gasteiger partial charge in [-0.25, -0.2) is 13.4 Å². The number of benzene rings is 3. The lowest BCUT2D eigenvalue weighted by molar-refractivity contribution is -0.120. The Kier molecular flexibility index (Phi) is 7.00. The Balaban J connectivity index is 1.24. The van der Waals surface area contributed by atoms with E-state index in [4.69, 9.17) is 0 Å². The normalized spacial score (nSPS) is 16.5. The van der Waals surface area contributed by atoms with Gasteiger partial charge in [-0.15, -0.1) is 11.3 Å². The number of amides is 1. The number of hydrogen-bond acceptors (Lipinski definition) is 5. The summed E-state index contributed by atoms with van der Waals surface area (Å²) in [5.74, 6) is -0.615. The standard InChI is InChI=1S/C28H27N3O3S2/c1-20-9-15-25(16-10-20)36(33,34)31-17-5-8-24(18-31)27(32)30-28-29-26(19-35-28)23-13-11-22(12-14-23)21-6-3-2-4-7-21/h2-4,6-7,9-16,19,24H,5,8,17-18H2,1H3,(H,29,30,32). The van der Waals surface area contributed by atoms with Gasteiger partial charge < -0.3 is 5.32 Å². The van der Waals surface area contributed by atoms with E-state index >= 15 is 0 Å². The van der Waals surface area contributed by atoms with Crippen LogP contribution in [-0.4, -0.2) is 36.7 Å². The van der Waals surface area contributed by atoms with E-state index in [-0.39, 0.29) is 17.3 Å². The number of piperidine rings is 1. The second-order valence-electron chi connectivity index (χ2n) is 8.99. The third-order valence-electron chi connectivity index (χ3n) is 6.44. The highest BCUT2D eigenvalue weighted by Crippen LogP contribution is 2.29. The number of nitrogens with zero attached hydrogens (tertiary/aromatic N) is 2. The number of hydrogen-bond donors (Lipinski definition) is 1. The smallest absolute Gasteiger partial charge is 0.243 e. The predicted octanol–water partition coefficient (Wildman–Crippen LogP) is 5.82. The molecule has 0 radical (unpaired) electrons. The summed E-state index contributed by atoms with van der Waals surface area (Å²) in [7, 11) is -3.63. The Morgan fingerprint density at radius 2 is 1.61 bits per heavy atom. The summed E-state index contributed by atoms with van der Waals surface area (Å²) in [5, 5.41) is 5.34. The van der Waals surface area contributed by atoms with Gasteiger partial charge in [0, 0.05) is 24.0 Å². The highest BCUT2D eigenvalue weighted by Gasteiger charge is 2.33. The average molecular weight is 518 g/mol. The van der Waals surface area contributed by atoms with E-state index in [0.717, 1.165) is 27.9 Å². The molecule has 5 rings (SSSR count). The number of aryl methyl sites for hydroxylation is 1. The Morgan fingerprint density at radius 3 is 2.33 bits per heavy atom. The molecule has 8 heteroatoms. The van der Waals surface area contributed by atoms with Crippen LogP contribution < -0.4 is 5.32 Å². The Bertz CT molecular complexity index is 1450. The van der Waals surface area contributed by atoms with Crippen LogP contribution in [0.3, 0.4) is 0 Å². The maximum atomic E-state index is 13.1. The topological polar surface area (TPSA) is 79.4 Å². The van der Waals surface area contributed by atoms with Crippen molar-refractivity contribution in [3.63, 3.8) is 0 Å². The second-order valence-corrected chi connectivity index (χ2v) is 11.8. The van der Waals surface area contributed by atoms with Crippen LogP contribution in [0.4, 0.5) is 5.13 Å². The van der Waals surface area contributed by atoms with Crippen molar-refractivity contribution in [1.29, 1.82) is 0 Å². The Morgan fingerprint density at radius 1 is 0.944 bits per heavy atom. The monoisotopic (exact) mass is 517 g/mol. The van der Waals surface area contributed by atoms with Crippen LogP contribution in [0.15, 0.2) is 89.1 Å². The third kappa shape index (κ3) is 5.26. The van der Waals surface area contributed by atoms with E-state index < -0.39 is 15.9 Å². The fourth-order valence-corrected chi connectivity index (χ4v) is 6.62. The van der Waals surface area contributed by atoms with E-state index in [0.29, 0.717) is 24.5 Å². The molecule has 3 aromatic carbocycles. The summed E-state index contributed by atoms with van der Waals surface area (Å²) in [6, 6.07) is 25.2. The van der Waals surface area contributed by atoms with Crippen LogP contribution in [0.25, 0.3) is 22.4 Å². The van der Waals surface area contributed by atoms with Crippen molar-refractivity contribution < 1.29 is 13.2 Å². The van der Waals surface area contributed by atoms with Crippen LogP contribution in [0.1, 0.15) is 18.4 Å². The van der Waals surface area contributed by atoms with Crippen LogP contribution in [-0.2, 0) is 14.8 Å². The number of rotatable bonds is 6. The molecule has 1 aliphatic rings. The fraction of sp³-hybridized carbons (Fsp3) is 0.214. The van der Waals surface area contributed by atoms with Crippen molar-refractivity contribution in [1.82, 2.24) is 9.29 Å². The SMILES string of the molecule is Cc1ccc(S(=O)(=O)N2CCCC(C(=O)Nc3nc(-c4ccc(-c5ccccc5)cc4)cs3)C2)cc1. The molecule has 0 bridgehead atoms. The van der Waals surface area contributed by atoms with E-state index in [2.05, 4.69) is 34.6 Å². The van der Waals surface area contributed by atoms with Crippen LogP contribution in [0.2, 0.25) is 0 Å². The van der Waals surface area contributed by atoms with Gasteiger partial charge in [0.2, 0.25) is 15.9 Å². The van der Waals surface area contributed by atoms with Crippen molar-refractivity contribution in [3.8, 4) is 22.4 Å². The van der Waals surface area contributed by atoms with Crippen molar-refractivity contribution in [2.75, 3.05) is 18.4 Å². The quantitative estimate of drug-likeness (QED) is 0.349. The van der Waals surface area contributed by atoms with Crippen molar-refractivity contribution >= 4 is 32.4 Å². The average Bonchev–Trinajstić information content (AvgIpc) is 3.38. The second kappa shape index (κ2) is 10.3. The molecule has 36 heavy (non-hydrogen) atoms. The molecule has 184 valence electrons. The molecule has 0 saturated carbocycles. The number of nitrogens with one attached hydrogen (secondary N) is 1. The summed E-state index contributed by atoms with van der Waals surface area (Å²) in [5.41, 5.74) is 5.05. The lowest BCUT2D eigenvalue weighted by atomic mass is 9.99. The Hall–Kier alpha value is -3.33.